The zero-order valence-electron chi connectivity index (χ0n) is 14.0. The molecular weight excluding hydrogens is 395 g/mol. The quantitative estimate of drug-likeness (QED) is 0.328. The highest BCUT2D eigenvalue weighted by molar-refractivity contribution is 6.35. The summed E-state index contributed by atoms with van der Waals surface area (Å²) in [6.07, 6.45) is 1.49. The summed E-state index contributed by atoms with van der Waals surface area (Å²) in [5, 5.41) is 13.8. The Hall–Kier alpha value is -2.90. The fraction of sp³-hybridized carbons (Fsp3) is 0.111. The topological polar surface area (TPSA) is 98.5 Å². The Bertz CT molecular complexity index is 877. The van der Waals surface area contributed by atoms with E-state index in [2.05, 4.69) is 5.32 Å². The maximum Gasteiger partial charge on any atom is 0.331 e. The van der Waals surface area contributed by atoms with Crippen LogP contribution < -0.4 is 5.32 Å². The van der Waals surface area contributed by atoms with Crippen molar-refractivity contribution in [3.05, 3.63) is 74.3 Å². The third-order valence-corrected chi connectivity index (χ3v) is 3.74. The first-order valence-electron chi connectivity index (χ1n) is 7.64. The van der Waals surface area contributed by atoms with E-state index in [-0.39, 0.29) is 5.69 Å². The Morgan fingerprint density at radius 2 is 1.74 bits per heavy atom. The second-order valence-electron chi connectivity index (χ2n) is 5.41. The van der Waals surface area contributed by atoms with E-state index >= 15 is 0 Å². The van der Waals surface area contributed by atoms with Crippen molar-refractivity contribution in [1.82, 2.24) is 0 Å². The molecule has 0 bridgehead atoms. The minimum Gasteiger partial charge on any atom is -0.449 e. The molecule has 7 nitrogen and oxygen atoms in total. The molecule has 0 aliphatic heterocycles. The van der Waals surface area contributed by atoms with Gasteiger partial charge in [-0.15, -0.1) is 0 Å². The molecule has 1 N–H and O–H groups in total. The zero-order valence-corrected chi connectivity index (χ0v) is 15.5. The number of amides is 1. The number of nitro benzene ring substituents is 1. The molecule has 140 valence electrons. The first-order valence-corrected chi connectivity index (χ1v) is 8.40. The van der Waals surface area contributed by atoms with E-state index in [0.717, 1.165) is 6.08 Å². The van der Waals surface area contributed by atoms with Gasteiger partial charge in [0.15, 0.2) is 6.10 Å². The number of nitrogens with one attached hydrogen (secondary N) is 1. The predicted octanol–water partition coefficient (Wildman–Crippen LogP) is 4.49. The molecule has 0 aliphatic rings. The molecule has 2 aromatic rings. The van der Waals surface area contributed by atoms with Gasteiger partial charge in [-0.1, -0.05) is 23.2 Å². The lowest BCUT2D eigenvalue weighted by Gasteiger charge is -2.12. The first-order chi connectivity index (χ1) is 12.7. The van der Waals surface area contributed by atoms with Crippen molar-refractivity contribution in [3.8, 4) is 0 Å². The van der Waals surface area contributed by atoms with E-state index < -0.39 is 22.9 Å². The van der Waals surface area contributed by atoms with E-state index in [1.165, 1.54) is 55.5 Å². The van der Waals surface area contributed by atoms with Crippen LogP contribution in [-0.2, 0) is 14.3 Å². The van der Waals surface area contributed by atoms with Crippen molar-refractivity contribution in [3.63, 3.8) is 0 Å². The van der Waals surface area contributed by atoms with Crippen molar-refractivity contribution in [2.75, 3.05) is 5.32 Å². The number of nitro groups is 1. The molecule has 0 aliphatic carbocycles. The summed E-state index contributed by atoms with van der Waals surface area (Å²) >= 11 is 11.7. The first kappa shape index (κ1) is 20.4. The van der Waals surface area contributed by atoms with Gasteiger partial charge in [0.2, 0.25) is 0 Å². The van der Waals surface area contributed by atoms with Crippen molar-refractivity contribution in [2.45, 2.75) is 13.0 Å². The molecule has 27 heavy (non-hydrogen) atoms. The second kappa shape index (κ2) is 9.16. The molecule has 0 radical (unpaired) electrons. The maximum atomic E-state index is 12.1. The van der Waals surface area contributed by atoms with Gasteiger partial charge in [-0.05, 0) is 48.9 Å². The number of carbonyl (C=O) groups is 2. The molecule has 0 spiro atoms. The van der Waals surface area contributed by atoms with Crippen LogP contribution in [0.5, 0.6) is 0 Å². The van der Waals surface area contributed by atoms with Crippen LogP contribution in [0.15, 0.2) is 48.5 Å². The van der Waals surface area contributed by atoms with Crippen LogP contribution in [0.3, 0.4) is 0 Å². The van der Waals surface area contributed by atoms with Crippen LogP contribution in [0.25, 0.3) is 6.08 Å². The molecule has 2 rings (SSSR count). The lowest BCUT2D eigenvalue weighted by Crippen LogP contribution is -2.29. The fourth-order valence-corrected chi connectivity index (χ4v) is 2.53. The highest BCUT2D eigenvalue weighted by Crippen LogP contribution is 2.22. The zero-order chi connectivity index (χ0) is 20.0. The number of halogens is 2. The third-order valence-electron chi connectivity index (χ3n) is 3.31. The maximum absolute atomic E-state index is 12.1. The predicted molar refractivity (Wildman–Crippen MR) is 103 cm³/mol. The molecule has 9 heteroatoms. The molecule has 0 aromatic heterocycles. The molecule has 1 atom stereocenters. The highest BCUT2D eigenvalue weighted by Gasteiger charge is 2.17. The van der Waals surface area contributed by atoms with Gasteiger partial charge in [0, 0.05) is 33.9 Å². The molecule has 0 fully saturated rings. The summed E-state index contributed by atoms with van der Waals surface area (Å²) < 4.78 is 5.02. The van der Waals surface area contributed by atoms with E-state index in [1.807, 2.05) is 0 Å². The minimum atomic E-state index is -1.06. The van der Waals surface area contributed by atoms with E-state index in [9.17, 15) is 19.7 Å². The summed E-state index contributed by atoms with van der Waals surface area (Å²) in [5.74, 6) is -1.29. The molecule has 0 saturated carbocycles. The average Bonchev–Trinajstić information content (AvgIpc) is 2.59. The number of rotatable bonds is 6. The van der Waals surface area contributed by atoms with Crippen LogP contribution in [0.2, 0.25) is 10.0 Å². The monoisotopic (exact) mass is 408 g/mol. The van der Waals surface area contributed by atoms with Gasteiger partial charge in [0.1, 0.15) is 0 Å². The van der Waals surface area contributed by atoms with Crippen LogP contribution in [-0.4, -0.2) is 22.9 Å². The number of ether oxygens (including phenoxy) is 1. The van der Waals surface area contributed by atoms with Crippen molar-refractivity contribution in [2.24, 2.45) is 0 Å². The van der Waals surface area contributed by atoms with Crippen molar-refractivity contribution < 1.29 is 19.2 Å². The smallest absolute Gasteiger partial charge is 0.331 e. The van der Waals surface area contributed by atoms with Gasteiger partial charge in [-0.2, -0.15) is 0 Å². The van der Waals surface area contributed by atoms with E-state index in [4.69, 9.17) is 27.9 Å². The lowest BCUT2D eigenvalue weighted by molar-refractivity contribution is -0.384. The normalized spacial score (nSPS) is 11.8. The largest absolute Gasteiger partial charge is 0.449 e. The minimum absolute atomic E-state index is 0.0545. The van der Waals surface area contributed by atoms with Crippen LogP contribution >= 0.6 is 23.2 Å². The highest BCUT2D eigenvalue weighted by atomic mass is 35.5. The Morgan fingerprint density at radius 1 is 1.15 bits per heavy atom. The number of nitrogens with zero attached hydrogens (tertiary/aromatic N) is 1. The Balaban J connectivity index is 1.91. The van der Waals surface area contributed by atoms with E-state index in [1.54, 1.807) is 0 Å². The molecule has 0 heterocycles. The van der Waals surface area contributed by atoms with Gasteiger partial charge in [-0.25, -0.2) is 4.79 Å². The molecular formula is C18H14Cl2N2O5. The van der Waals surface area contributed by atoms with Crippen molar-refractivity contribution >= 4 is 52.5 Å². The van der Waals surface area contributed by atoms with Gasteiger partial charge in [-0.3, -0.25) is 14.9 Å². The van der Waals surface area contributed by atoms with Crippen molar-refractivity contribution in [1.29, 1.82) is 0 Å². The van der Waals surface area contributed by atoms with E-state index in [0.29, 0.717) is 21.3 Å². The van der Waals surface area contributed by atoms with Crippen LogP contribution in [0.1, 0.15) is 12.5 Å². The summed E-state index contributed by atoms with van der Waals surface area (Å²) in [4.78, 5) is 34.0. The van der Waals surface area contributed by atoms with Crippen LogP contribution in [0.4, 0.5) is 11.4 Å². The standard InChI is InChI=1S/C18H14Cl2N2O5/c1-11(18(24)21-15-9-13(19)8-14(20)10-15)27-17(23)7-4-12-2-5-16(6-3-12)22(25)26/h2-11H,1H3,(H,21,24)/b7-4+/t11-/m0/s1. The number of non-ortho nitro benzene ring substituents is 1. The number of anilines is 1. The lowest BCUT2D eigenvalue weighted by atomic mass is 10.2. The van der Waals surface area contributed by atoms with Crippen LogP contribution in [0, 0.1) is 10.1 Å². The second-order valence-corrected chi connectivity index (χ2v) is 6.28. The molecule has 0 saturated heterocycles. The fourth-order valence-electron chi connectivity index (χ4n) is 2.01. The third kappa shape index (κ3) is 6.40. The molecule has 2 aromatic carbocycles. The van der Waals surface area contributed by atoms with Gasteiger partial charge in [0.25, 0.3) is 11.6 Å². The van der Waals surface area contributed by atoms with Gasteiger partial charge >= 0.3 is 5.97 Å². The average molecular weight is 409 g/mol. The molecule has 0 unspecified atom stereocenters. The number of carbonyl (C=O) groups excluding carboxylic acids is 2. The number of hydrogen-bond acceptors (Lipinski definition) is 5. The SMILES string of the molecule is C[C@H](OC(=O)/C=C/c1ccc([N+](=O)[O-])cc1)C(=O)Nc1cc(Cl)cc(Cl)c1. The van der Waals surface area contributed by atoms with Gasteiger partial charge in [0.05, 0.1) is 4.92 Å². The summed E-state index contributed by atoms with van der Waals surface area (Å²) in [5.41, 5.74) is 0.895. The number of hydrogen-bond donors (Lipinski definition) is 1. The Kier molecular flexibility index (Phi) is 6.92. The Labute approximate surface area is 164 Å². The summed E-state index contributed by atoms with van der Waals surface area (Å²) in [6.45, 7) is 1.42. The number of esters is 1. The summed E-state index contributed by atoms with van der Waals surface area (Å²) in [7, 11) is 0. The summed E-state index contributed by atoms with van der Waals surface area (Å²) in [6, 6.07) is 10.1. The molecule has 1 amide bonds. The number of benzene rings is 2. The van der Waals surface area contributed by atoms with Gasteiger partial charge < -0.3 is 10.1 Å². The Morgan fingerprint density at radius 3 is 2.30 bits per heavy atom.